The van der Waals surface area contributed by atoms with Crippen molar-refractivity contribution in [2.45, 2.75) is 25.6 Å². The van der Waals surface area contributed by atoms with Crippen molar-refractivity contribution in [3.8, 4) is 11.1 Å². The number of hydrogen-bond acceptors (Lipinski definition) is 3. The van der Waals surface area contributed by atoms with E-state index in [-0.39, 0.29) is 6.10 Å². The van der Waals surface area contributed by atoms with Crippen LogP contribution < -0.4 is 5.32 Å². The van der Waals surface area contributed by atoms with Crippen LogP contribution in [-0.2, 0) is 11.3 Å². The first-order valence-corrected chi connectivity index (χ1v) is 8.44. The van der Waals surface area contributed by atoms with Crippen LogP contribution in [0.4, 0.5) is 8.78 Å². The van der Waals surface area contributed by atoms with Crippen molar-refractivity contribution in [3.05, 3.63) is 53.9 Å². The third-order valence-corrected chi connectivity index (χ3v) is 4.59. The maximum Gasteiger partial charge on any atom is 0.138 e. The number of nitrogens with one attached hydrogen (secondary N) is 2. The van der Waals surface area contributed by atoms with Gasteiger partial charge in [0.25, 0.3) is 0 Å². The van der Waals surface area contributed by atoms with E-state index < -0.39 is 11.6 Å². The molecule has 1 aliphatic heterocycles. The molecule has 0 saturated carbocycles. The van der Waals surface area contributed by atoms with Gasteiger partial charge in [-0.3, -0.25) is 0 Å². The summed E-state index contributed by atoms with van der Waals surface area (Å²) in [6.07, 6.45) is 5.67. The topological polar surface area (TPSA) is 49.9 Å². The molecule has 1 aliphatic rings. The molecule has 25 heavy (non-hydrogen) atoms. The van der Waals surface area contributed by atoms with Crippen LogP contribution in [0.1, 0.15) is 18.4 Å². The average molecular weight is 343 g/mol. The van der Waals surface area contributed by atoms with Crippen molar-refractivity contribution in [2.75, 3.05) is 13.1 Å². The molecule has 4 nitrogen and oxygen atoms in total. The molecule has 3 heterocycles. The molecule has 1 fully saturated rings. The molecule has 6 heteroatoms. The summed E-state index contributed by atoms with van der Waals surface area (Å²) in [6.45, 7) is 2.38. The Bertz CT molecular complexity index is 867. The van der Waals surface area contributed by atoms with Crippen LogP contribution in [0.25, 0.3) is 22.2 Å². The van der Waals surface area contributed by atoms with E-state index in [0.717, 1.165) is 48.5 Å². The first kappa shape index (κ1) is 16.2. The molecule has 0 amide bonds. The summed E-state index contributed by atoms with van der Waals surface area (Å²) in [5.74, 6) is -1.19. The van der Waals surface area contributed by atoms with Crippen molar-refractivity contribution in [1.82, 2.24) is 15.3 Å². The summed E-state index contributed by atoms with van der Waals surface area (Å²) in [6, 6.07) is 5.43. The van der Waals surface area contributed by atoms with Crippen LogP contribution in [-0.4, -0.2) is 29.2 Å². The van der Waals surface area contributed by atoms with Crippen LogP contribution >= 0.6 is 0 Å². The molecule has 130 valence electrons. The zero-order valence-electron chi connectivity index (χ0n) is 13.7. The van der Waals surface area contributed by atoms with Gasteiger partial charge in [0, 0.05) is 29.4 Å². The molecule has 4 rings (SSSR count). The van der Waals surface area contributed by atoms with Crippen molar-refractivity contribution < 1.29 is 13.5 Å². The maximum absolute atomic E-state index is 13.6. The Morgan fingerprint density at radius 2 is 1.88 bits per heavy atom. The molecule has 0 bridgehead atoms. The van der Waals surface area contributed by atoms with Crippen molar-refractivity contribution in [3.63, 3.8) is 0 Å². The summed E-state index contributed by atoms with van der Waals surface area (Å²) in [7, 11) is 0. The fraction of sp³-hybridized carbons (Fsp3) is 0.316. The minimum Gasteiger partial charge on any atom is -0.373 e. The predicted octanol–water partition coefficient (Wildman–Crippen LogP) is 3.78. The van der Waals surface area contributed by atoms with E-state index in [1.807, 2.05) is 6.07 Å². The summed E-state index contributed by atoms with van der Waals surface area (Å²) in [5.41, 5.74) is 2.86. The number of fused-ring (bicyclic) bond motifs is 1. The fourth-order valence-electron chi connectivity index (χ4n) is 3.35. The molecular weight excluding hydrogens is 324 g/mol. The lowest BCUT2D eigenvalue weighted by Gasteiger charge is -2.23. The Kier molecular flexibility index (Phi) is 4.46. The summed E-state index contributed by atoms with van der Waals surface area (Å²) >= 11 is 0. The fourth-order valence-corrected chi connectivity index (χ4v) is 3.35. The Balaban J connectivity index is 1.69. The normalized spacial score (nSPS) is 15.8. The van der Waals surface area contributed by atoms with Crippen molar-refractivity contribution in [1.29, 1.82) is 0 Å². The molecule has 2 N–H and O–H groups in total. The minimum atomic E-state index is -0.597. The zero-order valence-corrected chi connectivity index (χ0v) is 13.7. The molecule has 0 spiro atoms. The van der Waals surface area contributed by atoms with Gasteiger partial charge in [-0.05, 0) is 55.3 Å². The van der Waals surface area contributed by atoms with Crippen LogP contribution in [0.2, 0.25) is 0 Å². The number of nitrogens with zero attached hydrogens (tertiary/aromatic N) is 1. The van der Waals surface area contributed by atoms with Gasteiger partial charge in [0.05, 0.1) is 12.7 Å². The molecule has 1 aromatic carbocycles. The van der Waals surface area contributed by atoms with Gasteiger partial charge in [-0.2, -0.15) is 0 Å². The molecular formula is C19H19F2N3O. The molecule has 0 aliphatic carbocycles. The first-order chi connectivity index (χ1) is 12.2. The molecule has 0 radical (unpaired) electrons. The van der Waals surface area contributed by atoms with E-state index in [9.17, 15) is 8.78 Å². The van der Waals surface area contributed by atoms with Crippen molar-refractivity contribution in [2.24, 2.45) is 0 Å². The summed E-state index contributed by atoms with van der Waals surface area (Å²) in [4.78, 5) is 7.40. The van der Waals surface area contributed by atoms with Gasteiger partial charge >= 0.3 is 0 Å². The van der Waals surface area contributed by atoms with Crippen LogP contribution in [0, 0.1) is 11.6 Å². The number of rotatable bonds is 4. The minimum absolute atomic E-state index is 0.235. The molecule has 3 aromatic rings. The second-order valence-electron chi connectivity index (χ2n) is 6.31. The number of benzene rings is 1. The maximum atomic E-state index is 13.6. The number of aromatic nitrogens is 2. The van der Waals surface area contributed by atoms with E-state index in [4.69, 9.17) is 4.74 Å². The van der Waals surface area contributed by atoms with Gasteiger partial charge in [-0.1, -0.05) is 0 Å². The van der Waals surface area contributed by atoms with Gasteiger partial charge in [0.1, 0.15) is 17.3 Å². The Morgan fingerprint density at radius 1 is 1.12 bits per heavy atom. The first-order valence-electron chi connectivity index (χ1n) is 8.44. The second-order valence-corrected chi connectivity index (χ2v) is 6.31. The smallest absolute Gasteiger partial charge is 0.138 e. The van der Waals surface area contributed by atoms with Gasteiger partial charge in [-0.15, -0.1) is 0 Å². The highest BCUT2D eigenvalue weighted by Gasteiger charge is 2.16. The van der Waals surface area contributed by atoms with E-state index in [1.54, 1.807) is 12.4 Å². The highest BCUT2D eigenvalue weighted by Crippen LogP contribution is 2.32. The van der Waals surface area contributed by atoms with Gasteiger partial charge in [0.15, 0.2) is 0 Å². The monoisotopic (exact) mass is 343 g/mol. The Labute approximate surface area is 144 Å². The summed E-state index contributed by atoms with van der Waals surface area (Å²) in [5, 5.41) is 4.16. The van der Waals surface area contributed by atoms with Gasteiger partial charge in [-0.25, -0.2) is 13.8 Å². The molecule has 0 unspecified atom stereocenters. The van der Waals surface area contributed by atoms with Crippen LogP contribution in [0.3, 0.4) is 0 Å². The number of H-pyrrole nitrogens is 1. The van der Waals surface area contributed by atoms with E-state index in [0.29, 0.717) is 17.8 Å². The molecule has 1 saturated heterocycles. The number of halogens is 2. The average Bonchev–Trinajstić information content (AvgIpc) is 3.05. The number of pyridine rings is 1. The number of piperidine rings is 1. The zero-order chi connectivity index (χ0) is 17.2. The third-order valence-electron chi connectivity index (χ3n) is 4.59. The molecule has 0 atom stereocenters. The van der Waals surface area contributed by atoms with Gasteiger partial charge < -0.3 is 15.0 Å². The van der Waals surface area contributed by atoms with Crippen LogP contribution in [0.5, 0.6) is 0 Å². The lowest BCUT2D eigenvalue weighted by molar-refractivity contribution is 0.0218. The number of hydrogen-bond donors (Lipinski definition) is 2. The van der Waals surface area contributed by atoms with Crippen molar-refractivity contribution >= 4 is 11.0 Å². The lowest BCUT2D eigenvalue weighted by atomic mass is 10.0. The van der Waals surface area contributed by atoms with E-state index in [1.165, 1.54) is 12.1 Å². The molecule has 2 aromatic heterocycles. The Morgan fingerprint density at radius 3 is 2.64 bits per heavy atom. The largest absolute Gasteiger partial charge is 0.373 e. The second kappa shape index (κ2) is 6.90. The quantitative estimate of drug-likeness (QED) is 0.758. The summed E-state index contributed by atoms with van der Waals surface area (Å²) < 4.78 is 33.3. The highest BCUT2D eigenvalue weighted by atomic mass is 19.1. The SMILES string of the molecule is Fc1cc(F)cc(-c2c[nH]c3nccc(COC4CCNCC4)c23)c1. The van der Waals surface area contributed by atoms with E-state index >= 15 is 0 Å². The van der Waals surface area contributed by atoms with Crippen LogP contribution in [0.15, 0.2) is 36.7 Å². The predicted molar refractivity (Wildman–Crippen MR) is 92.1 cm³/mol. The number of aromatic amines is 1. The number of ether oxygens (including phenoxy) is 1. The standard InChI is InChI=1S/C19H19F2N3O/c20-14-7-13(8-15(21)9-14)17-10-24-19-18(17)12(1-6-23-19)11-25-16-2-4-22-5-3-16/h1,6-10,16,22H,2-5,11H2,(H,23,24). The lowest BCUT2D eigenvalue weighted by Crippen LogP contribution is -2.32. The van der Waals surface area contributed by atoms with Gasteiger partial charge in [0.2, 0.25) is 0 Å². The highest BCUT2D eigenvalue weighted by molar-refractivity contribution is 5.95. The third kappa shape index (κ3) is 3.41. The Hall–Kier alpha value is -2.31. The van der Waals surface area contributed by atoms with E-state index in [2.05, 4.69) is 15.3 Å².